The lowest BCUT2D eigenvalue weighted by Crippen LogP contribution is -2.11. The fourth-order valence-electron chi connectivity index (χ4n) is 0.551. The fourth-order valence-corrected chi connectivity index (χ4v) is 1.65. The van der Waals surface area contributed by atoms with Crippen molar-refractivity contribution in [3.63, 3.8) is 0 Å². The number of carboxylic acid groups (broad SMARTS) is 1. The van der Waals surface area contributed by atoms with Gasteiger partial charge in [-0.3, -0.25) is 4.79 Å². The predicted octanol–water partition coefficient (Wildman–Crippen LogP) is 1.36. The summed E-state index contributed by atoms with van der Waals surface area (Å²) >= 11 is 1.57. The average molecular weight is 146 g/mol. The third kappa shape index (κ3) is 2.26. The van der Waals surface area contributed by atoms with Crippen LogP contribution in [0.5, 0.6) is 0 Å². The molecular weight excluding hydrogens is 136 g/mol. The van der Waals surface area contributed by atoms with E-state index in [4.69, 9.17) is 5.11 Å². The minimum absolute atomic E-state index is 0.211. The quantitative estimate of drug-likeness (QED) is 0.653. The van der Waals surface area contributed by atoms with E-state index in [1.54, 1.807) is 18.7 Å². The second-order valence-electron chi connectivity index (χ2n) is 2.32. The Morgan fingerprint density at radius 1 is 1.78 bits per heavy atom. The molecular formula is C6H10O2S. The van der Waals surface area contributed by atoms with Crippen molar-refractivity contribution in [2.45, 2.75) is 30.3 Å². The third-order valence-electron chi connectivity index (χ3n) is 1.27. The van der Waals surface area contributed by atoms with Gasteiger partial charge in [-0.1, -0.05) is 0 Å². The molecule has 2 nitrogen and oxygen atoms in total. The Labute approximate surface area is 58.6 Å². The van der Waals surface area contributed by atoms with Gasteiger partial charge in [0.2, 0.25) is 0 Å². The average Bonchev–Trinajstić information content (AvgIpc) is 2.50. The Kier molecular flexibility index (Phi) is 2.01. The van der Waals surface area contributed by atoms with Crippen molar-refractivity contribution >= 4 is 17.7 Å². The molecule has 1 unspecified atom stereocenters. The molecule has 0 spiro atoms. The molecule has 0 amide bonds. The van der Waals surface area contributed by atoms with Gasteiger partial charge in [-0.25, -0.2) is 0 Å². The smallest absolute Gasteiger partial charge is 0.316 e. The summed E-state index contributed by atoms with van der Waals surface area (Å²) < 4.78 is 0. The zero-order valence-corrected chi connectivity index (χ0v) is 6.15. The molecule has 0 aromatic carbocycles. The van der Waals surface area contributed by atoms with Gasteiger partial charge in [0.1, 0.15) is 0 Å². The molecule has 52 valence electrons. The summed E-state index contributed by atoms with van der Waals surface area (Å²) in [7, 11) is 0. The summed E-state index contributed by atoms with van der Waals surface area (Å²) in [5, 5.41) is 8.88. The van der Waals surface area contributed by atoms with Crippen molar-refractivity contribution in [3.05, 3.63) is 0 Å². The summed E-state index contributed by atoms with van der Waals surface area (Å²) in [5.41, 5.74) is 0. The van der Waals surface area contributed by atoms with E-state index in [1.165, 1.54) is 12.8 Å². The van der Waals surface area contributed by atoms with E-state index in [0.717, 1.165) is 0 Å². The van der Waals surface area contributed by atoms with E-state index in [2.05, 4.69) is 0 Å². The largest absolute Gasteiger partial charge is 0.480 e. The van der Waals surface area contributed by atoms with Gasteiger partial charge in [-0.15, -0.1) is 11.8 Å². The van der Waals surface area contributed by atoms with Gasteiger partial charge >= 0.3 is 5.97 Å². The molecule has 1 fully saturated rings. The van der Waals surface area contributed by atoms with Crippen LogP contribution in [0.3, 0.4) is 0 Å². The van der Waals surface area contributed by atoms with Gasteiger partial charge in [0, 0.05) is 5.25 Å². The molecule has 1 aliphatic carbocycles. The molecule has 1 N–H and O–H groups in total. The minimum Gasteiger partial charge on any atom is -0.480 e. The highest BCUT2D eigenvalue weighted by atomic mass is 32.2. The maximum Gasteiger partial charge on any atom is 0.316 e. The van der Waals surface area contributed by atoms with Gasteiger partial charge < -0.3 is 5.11 Å². The molecule has 1 aliphatic rings. The summed E-state index contributed by atoms with van der Waals surface area (Å²) in [6.07, 6.45) is 2.42. The highest BCUT2D eigenvalue weighted by Crippen LogP contribution is 2.36. The number of carbonyl (C=O) groups is 1. The van der Waals surface area contributed by atoms with E-state index < -0.39 is 5.97 Å². The van der Waals surface area contributed by atoms with E-state index in [0.29, 0.717) is 5.25 Å². The van der Waals surface area contributed by atoms with Crippen LogP contribution < -0.4 is 0 Å². The lowest BCUT2D eigenvalue weighted by molar-refractivity contribution is -0.136. The molecule has 1 atom stereocenters. The Morgan fingerprint density at radius 2 is 2.33 bits per heavy atom. The Bertz CT molecular complexity index is 120. The SMILES string of the molecule is CC(SC1CC1)C(=O)O. The number of hydrogen-bond donors (Lipinski definition) is 1. The second-order valence-corrected chi connectivity index (χ2v) is 3.96. The van der Waals surface area contributed by atoms with Gasteiger partial charge in [-0.05, 0) is 19.8 Å². The first-order valence-corrected chi connectivity index (χ1v) is 4.02. The van der Waals surface area contributed by atoms with Crippen molar-refractivity contribution < 1.29 is 9.90 Å². The number of carboxylic acids is 1. The van der Waals surface area contributed by atoms with Gasteiger partial charge in [0.05, 0.1) is 5.25 Å². The molecule has 1 saturated carbocycles. The van der Waals surface area contributed by atoms with Gasteiger partial charge in [0.15, 0.2) is 0 Å². The predicted molar refractivity (Wildman–Crippen MR) is 37.7 cm³/mol. The topological polar surface area (TPSA) is 37.3 Å². The number of aliphatic carboxylic acids is 1. The van der Waals surface area contributed by atoms with Crippen molar-refractivity contribution in [2.24, 2.45) is 0 Å². The summed E-state index contributed by atoms with van der Waals surface area (Å²) in [6.45, 7) is 1.74. The van der Waals surface area contributed by atoms with E-state index in [-0.39, 0.29) is 5.25 Å². The molecule has 1 rings (SSSR count). The summed E-state index contributed by atoms with van der Waals surface area (Å²) in [6, 6.07) is 0. The van der Waals surface area contributed by atoms with Crippen LogP contribution in [-0.2, 0) is 4.79 Å². The van der Waals surface area contributed by atoms with Crippen LogP contribution in [0.25, 0.3) is 0 Å². The first kappa shape index (κ1) is 6.93. The van der Waals surface area contributed by atoms with Crippen molar-refractivity contribution in [1.82, 2.24) is 0 Å². The maximum atomic E-state index is 10.2. The zero-order valence-electron chi connectivity index (χ0n) is 5.33. The molecule has 0 heterocycles. The lowest BCUT2D eigenvalue weighted by atomic mass is 10.5. The molecule has 0 aromatic heterocycles. The molecule has 3 heteroatoms. The molecule has 0 bridgehead atoms. The van der Waals surface area contributed by atoms with Crippen molar-refractivity contribution in [1.29, 1.82) is 0 Å². The van der Waals surface area contributed by atoms with Gasteiger partial charge in [0.25, 0.3) is 0 Å². The Morgan fingerprint density at radius 3 is 2.67 bits per heavy atom. The van der Waals surface area contributed by atoms with Crippen LogP contribution in [0.1, 0.15) is 19.8 Å². The van der Waals surface area contributed by atoms with Crippen LogP contribution in [0.2, 0.25) is 0 Å². The Balaban J connectivity index is 2.16. The van der Waals surface area contributed by atoms with Crippen LogP contribution in [0.4, 0.5) is 0 Å². The molecule has 0 saturated heterocycles. The molecule has 0 aliphatic heterocycles. The number of rotatable bonds is 3. The van der Waals surface area contributed by atoms with Crippen LogP contribution in [0.15, 0.2) is 0 Å². The zero-order chi connectivity index (χ0) is 6.85. The maximum absolute atomic E-state index is 10.2. The molecule has 9 heavy (non-hydrogen) atoms. The van der Waals surface area contributed by atoms with Crippen LogP contribution in [-0.4, -0.2) is 21.6 Å². The number of thioether (sulfide) groups is 1. The monoisotopic (exact) mass is 146 g/mol. The van der Waals surface area contributed by atoms with Gasteiger partial charge in [-0.2, -0.15) is 0 Å². The highest BCUT2D eigenvalue weighted by molar-refractivity contribution is 8.01. The normalized spacial score (nSPS) is 21.4. The summed E-state index contributed by atoms with van der Waals surface area (Å²) in [4.78, 5) is 10.2. The first-order chi connectivity index (χ1) is 4.20. The van der Waals surface area contributed by atoms with Crippen LogP contribution >= 0.6 is 11.8 Å². The molecule has 0 radical (unpaired) electrons. The summed E-state index contributed by atoms with van der Waals surface area (Å²) in [5.74, 6) is -0.688. The standard InChI is InChI=1S/C6H10O2S/c1-4(6(7)8)9-5-2-3-5/h4-5H,2-3H2,1H3,(H,7,8). The first-order valence-electron chi connectivity index (χ1n) is 3.08. The highest BCUT2D eigenvalue weighted by Gasteiger charge is 2.26. The second kappa shape index (κ2) is 2.60. The van der Waals surface area contributed by atoms with E-state index in [9.17, 15) is 4.79 Å². The fraction of sp³-hybridized carbons (Fsp3) is 0.833. The lowest BCUT2D eigenvalue weighted by Gasteiger charge is -2.01. The van der Waals surface area contributed by atoms with E-state index in [1.807, 2.05) is 0 Å². The molecule has 0 aromatic rings. The van der Waals surface area contributed by atoms with Crippen LogP contribution in [0, 0.1) is 0 Å². The van der Waals surface area contributed by atoms with E-state index >= 15 is 0 Å². The van der Waals surface area contributed by atoms with Crippen molar-refractivity contribution in [2.75, 3.05) is 0 Å². The minimum atomic E-state index is -0.688. The van der Waals surface area contributed by atoms with Crippen molar-refractivity contribution in [3.8, 4) is 0 Å². The number of hydrogen-bond acceptors (Lipinski definition) is 2. The third-order valence-corrected chi connectivity index (χ3v) is 2.73. The Hall–Kier alpha value is -0.180.